The van der Waals surface area contributed by atoms with Crippen molar-refractivity contribution in [3.8, 4) is 6.07 Å². The Hall–Kier alpha value is -3.00. The van der Waals surface area contributed by atoms with Crippen molar-refractivity contribution >= 4 is 22.7 Å². The van der Waals surface area contributed by atoms with Crippen LogP contribution in [-0.4, -0.2) is 22.2 Å². The van der Waals surface area contributed by atoms with Crippen molar-refractivity contribution in [3.63, 3.8) is 0 Å². The summed E-state index contributed by atoms with van der Waals surface area (Å²) in [5, 5.41) is 9.66. The highest BCUT2D eigenvalue weighted by Crippen LogP contribution is 2.38. The highest BCUT2D eigenvalue weighted by molar-refractivity contribution is 6.14. The quantitative estimate of drug-likeness (QED) is 0.663. The van der Waals surface area contributed by atoms with Gasteiger partial charge in [-0.25, -0.2) is 0 Å². The van der Waals surface area contributed by atoms with E-state index in [0.29, 0.717) is 11.8 Å². The van der Waals surface area contributed by atoms with Gasteiger partial charge in [-0.3, -0.25) is 15.0 Å². The highest BCUT2D eigenvalue weighted by Gasteiger charge is 2.29. The van der Waals surface area contributed by atoms with Crippen LogP contribution in [-0.2, 0) is 0 Å². The number of nitrogens with zero attached hydrogens (tertiary/aromatic N) is 4. The Morgan fingerprint density at radius 2 is 2.08 bits per heavy atom. The standard InChI is InChI=1S/C21H21N5/c22-8-1-3-14-11-17(12-14)26-13-18(19(23)15-5-6-15)21-20-16(7-10-25-21)4-2-9-24-20/h1-4,7,9-10,13-15,17H,5-6,11-12,23H2/b3-1+,19-18?,26-13?. The van der Waals surface area contributed by atoms with E-state index < -0.39 is 0 Å². The second-order valence-corrected chi connectivity index (χ2v) is 7.03. The van der Waals surface area contributed by atoms with Crippen LogP contribution in [0.3, 0.4) is 0 Å². The topological polar surface area (TPSA) is 88.0 Å². The Kier molecular flexibility index (Phi) is 4.49. The summed E-state index contributed by atoms with van der Waals surface area (Å²) >= 11 is 0. The smallest absolute Gasteiger partial charge is 0.0997 e. The molecule has 2 aliphatic carbocycles. The Morgan fingerprint density at radius 3 is 2.85 bits per heavy atom. The third-order valence-corrected chi connectivity index (χ3v) is 5.11. The molecule has 0 spiro atoms. The fraction of sp³-hybridized carbons (Fsp3) is 0.333. The van der Waals surface area contributed by atoms with Crippen LogP contribution >= 0.6 is 0 Å². The Labute approximate surface area is 153 Å². The van der Waals surface area contributed by atoms with E-state index in [1.165, 1.54) is 0 Å². The maximum Gasteiger partial charge on any atom is 0.0997 e. The fourth-order valence-electron chi connectivity index (χ4n) is 3.35. The van der Waals surface area contributed by atoms with Gasteiger partial charge in [0.15, 0.2) is 0 Å². The predicted molar refractivity (Wildman–Crippen MR) is 103 cm³/mol. The minimum Gasteiger partial charge on any atom is -0.401 e. The van der Waals surface area contributed by atoms with Gasteiger partial charge in [0.25, 0.3) is 0 Å². The molecule has 2 saturated carbocycles. The molecule has 4 rings (SSSR count). The summed E-state index contributed by atoms with van der Waals surface area (Å²) in [7, 11) is 0. The Morgan fingerprint density at radius 1 is 1.23 bits per heavy atom. The molecule has 0 aliphatic heterocycles. The fourth-order valence-corrected chi connectivity index (χ4v) is 3.35. The van der Waals surface area contributed by atoms with E-state index in [-0.39, 0.29) is 6.04 Å². The van der Waals surface area contributed by atoms with Crippen molar-refractivity contribution in [2.24, 2.45) is 22.6 Å². The van der Waals surface area contributed by atoms with E-state index in [9.17, 15) is 0 Å². The van der Waals surface area contributed by atoms with Crippen molar-refractivity contribution < 1.29 is 0 Å². The van der Waals surface area contributed by atoms with E-state index in [2.05, 4.69) is 9.97 Å². The zero-order valence-corrected chi connectivity index (χ0v) is 14.5. The molecule has 5 heteroatoms. The van der Waals surface area contributed by atoms with Crippen molar-refractivity contribution in [3.05, 3.63) is 54.1 Å². The van der Waals surface area contributed by atoms with Crippen molar-refractivity contribution in [2.45, 2.75) is 31.7 Å². The van der Waals surface area contributed by atoms with E-state index in [0.717, 1.165) is 53.6 Å². The van der Waals surface area contributed by atoms with Crippen molar-refractivity contribution in [1.82, 2.24) is 9.97 Å². The molecule has 0 saturated heterocycles. The van der Waals surface area contributed by atoms with Crippen LogP contribution in [0, 0.1) is 23.2 Å². The predicted octanol–water partition coefficient (Wildman–Crippen LogP) is 3.64. The average Bonchev–Trinajstić information content (AvgIpc) is 3.47. The molecule has 5 nitrogen and oxygen atoms in total. The lowest BCUT2D eigenvalue weighted by molar-refractivity contribution is 0.327. The molecule has 130 valence electrons. The highest BCUT2D eigenvalue weighted by atomic mass is 14.8. The van der Waals surface area contributed by atoms with Crippen molar-refractivity contribution in [1.29, 1.82) is 5.26 Å². The largest absolute Gasteiger partial charge is 0.401 e. The van der Waals surface area contributed by atoms with Crippen LogP contribution in [0.15, 0.2) is 53.4 Å². The van der Waals surface area contributed by atoms with Crippen LogP contribution in [0.5, 0.6) is 0 Å². The number of pyridine rings is 2. The molecule has 0 atom stereocenters. The zero-order valence-electron chi connectivity index (χ0n) is 14.5. The minimum absolute atomic E-state index is 0.285. The molecule has 0 unspecified atom stereocenters. The van der Waals surface area contributed by atoms with Gasteiger partial charge in [0, 0.05) is 41.3 Å². The summed E-state index contributed by atoms with van der Waals surface area (Å²) in [5.41, 5.74) is 9.92. The van der Waals surface area contributed by atoms with Crippen LogP contribution in [0.1, 0.15) is 31.4 Å². The number of hydrogen-bond donors (Lipinski definition) is 1. The molecule has 0 aromatic carbocycles. The maximum atomic E-state index is 8.61. The van der Waals surface area contributed by atoms with Crippen LogP contribution in [0.4, 0.5) is 0 Å². The van der Waals surface area contributed by atoms with Gasteiger partial charge >= 0.3 is 0 Å². The first kappa shape index (κ1) is 16.5. The van der Waals surface area contributed by atoms with E-state index in [4.69, 9.17) is 16.0 Å². The SMILES string of the molecule is N#C/C=C/C1CC(N=CC(=C(N)C2CC2)c2nccc3cccnc23)C1. The number of hydrogen-bond acceptors (Lipinski definition) is 5. The number of aromatic nitrogens is 2. The minimum atomic E-state index is 0.285. The molecule has 2 fully saturated rings. The van der Waals surface area contributed by atoms with Gasteiger partial charge in [-0.1, -0.05) is 12.1 Å². The van der Waals surface area contributed by atoms with E-state index in [1.807, 2.05) is 36.6 Å². The number of fused-ring (bicyclic) bond motifs is 1. The molecule has 0 amide bonds. The van der Waals surface area contributed by atoms with Crippen LogP contribution in [0.25, 0.3) is 16.5 Å². The molecule has 2 heterocycles. The summed E-state index contributed by atoms with van der Waals surface area (Å²) in [6.07, 6.45) is 13.2. The average molecular weight is 343 g/mol. The molecule has 26 heavy (non-hydrogen) atoms. The number of nitriles is 1. The molecule has 2 aliphatic rings. The molecule has 2 N–H and O–H groups in total. The molecular weight excluding hydrogens is 322 g/mol. The van der Waals surface area contributed by atoms with Gasteiger partial charge in [-0.2, -0.15) is 5.26 Å². The number of allylic oxidation sites excluding steroid dienone is 4. The van der Waals surface area contributed by atoms with Crippen LogP contribution < -0.4 is 5.73 Å². The second-order valence-electron chi connectivity index (χ2n) is 7.03. The summed E-state index contributed by atoms with van der Waals surface area (Å²) < 4.78 is 0. The lowest BCUT2D eigenvalue weighted by Gasteiger charge is -2.30. The van der Waals surface area contributed by atoms with Gasteiger partial charge in [0.1, 0.15) is 0 Å². The summed E-state index contributed by atoms with van der Waals surface area (Å²) in [6, 6.07) is 8.26. The molecule has 2 aromatic rings. The molecule has 2 aromatic heterocycles. The van der Waals surface area contributed by atoms with E-state index >= 15 is 0 Å². The first-order valence-electron chi connectivity index (χ1n) is 9.05. The molecule has 0 radical (unpaired) electrons. The van der Waals surface area contributed by atoms with Gasteiger partial charge in [0.2, 0.25) is 0 Å². The number of nitrogens with two attached hydrogens (primary N) is 1. The van der Waals surface area contributed by atoms with Gasteiger partial charge in [-0.15, -0.1) is 0 Å². The van der Waals surface area contributed by atoms with Gasteiger partial charge in [0.05, 0.1) is 23.3 Å². The summed E-state index contributed by atoms with van der Waals surface area (Å²) in [5.74, 6) is 0.896. The maximum absolute atomic E-state index is 8.61. The second kappa shape index (κ2) is 7.09. The third-order valence-electron chi connectivity index (χ3n) is 5.11. The third kappa shape index (κ3) is 3.36. The molecular formula is C21H21N5. The lowest BCUT2D eigenvalue weighted by Crippen LogP contribution is -2.25. The van der Waals surface area contributed by atoms with Crippen molar-refractivity contribution in [2.75, 3.05) is 0 Å². The molecule has 0 bridgehead atoms. The Bertz CT molecular complexity index is 935. The number of rotatable bonds is 5. The van der Waals surface area contributed by atoms with E-state index in [1.54, 1.807) is 18.5 Å². The Balaban J connectivity index is 1.63. The van der Waals surface area contributed by atoms with Gasteiger partial charge in [-0.05, 0) is 49.7 Å². The van der Waals surface area contributed by atoms with Gasteiger partial charge < -0.3 is 5.73 Å². The first-order valence-corrected chi connectivity index (χ1v) is 9.05. The normalized spacial score (nSPS) is 23.8. The first-order chi connectivity index (χ1) is 12.8. The monoisotopic (exact) mass is 343 g/mol. The number of aliphatic imine (C=N–C) groups is 1. The zero-order chi connectivity index (χ0) is 17.9. The summed E-state index contributed by atoms with van der Waals surface area (Å²) in [6.45, 7) is 0. The van der Waals surface area contributed by atoms with Crippen LogP contribution in [0.2, 0.25) is 0 Å². The lowest BCUT2D eigenvalue weighted by atomic mass is 9.80. The summed E-state index contributed by atoms with van der Waals surface area (Å²) in [4.78, 5) is 13.8.